The van der Waals surface area contributed by atoms with Crippen LogP contribution >= 0.6 is 0 Å². The van der Waals surface area contributed by atoms with Crippen molar-refractivity contribution in [3.8, 4) is 11.5 Å². The molecule has 1 rings (SSSR count). The number of phenols is 1. The van der Waals surface area contributed by atoms with Crippen LogP contribution in [0.1, 0.15) is 23.2 Å². The fraction of sp³-hybridized carbons (Fsp3) is 0.308. The van der Waals surface area contributed by atoms with Gasteiger partial charge < -0.3 is 25.4 Å². The zero-order chi connectivity index (χ0) is 16.0. The minimum atomic E-state index is -1.36. The molecule has 0 saturated heterocycles. The van der Waals surface area contributed by atoms with Gasteiger partial charge in [0.05, 0.1) is 12.7 Å². The number of aliphatic carboxylic acids is 2. The molecule has 1 unspecified atom stereocenters. The summed E-state index contributed by atoms with van der Waals surface area (Å²) >= 11 is 0. The lowest BCUT2D eigenvalue weighted by Crippen LogP contribution is -2.41. The average Bonchev–Trinajstić information content (AvgIpc) is 2.42. The number of rotatable bonds is 7. The predicted molar refractivity (Wildman–Crippen MR) is 70.4 cm³/mol. The molecule has 114 valence electrons. The Morgan fingerprint density at radius 2 is 1.95 bits per heavy atom. The van der Waals surface area contributed by atoms with Crippen LogP contribution in [0.5, 0.6) is 11.5 Å². The smallest absolute Gasteiger partial charge is 0.326 e. The molecule has 0 fully saturated rings. The number of nitrogens with one attached hydrogen (secondary N) is 1. The van der Waals surface area contributed by atoms with Crippen LogP contribution in [0.3, 0.4) is 0 Å². The zero-order valence-corrected chi connectivity index (χ0v) is 11.2. The molecule has 0 aromatic heterocycles. The molecule has 4 N–H and O–H groups in total. The van der Waals surface area contributed by atoms with Gasteiger partial charge in [0.1, 0.15) is 6.04 Å². The molecule has 0 bridgehead atoms. The molecule has 1 amide bonds. The van der Waals surface area contributed by atoms with E-state index in [1.54, 1.807) is 0 Å². The van der Waals surface area contributed by atoms with Gasteiger partial charge in [-0.25, -0.2) is 4.79 Å². The number of amides is 1. The fourth-order valence-corrected chi connectivity index (χ4v) is 1.63. The normalized spacial score (nSPS) is 11.5. The van der Waals surface area contributed by atoms with Gasteiger partial charge in [-0.15, -0.1) is 0 Å². The first kappa shape index (κ1) is 16.3. The summed E-state index contributed by atoms with van der Waals surface area (Å²) in [6.07, 6.45) is -0.664. The summed E-state index contributed by atoms with van der Waals surface area (Å²) in [5.41, 5.74) is -0.157. The maximum Gasteiger partial charge on any atom is 0.326 e. The lowest BCUT2D eigenvalue weighted by Gasteiger charge is -2.14. The van der Waals surface area contributed by atoms with Crippen LogP contribution in [-0.4, -0.2) is 46.3 Å². The Hall–Kier alpha value is -2.77. The molecule has 1 atom stereocenters. The zero-order valence-electron chi connectivity index (χ0n) is 11.2. The van der Waals surface area contributed by atoms with E-state index in [1.807, 2.05) is 0 Å². The monoisotopic (exact) mass is 297 g/mol. The third kappa shape index (κ3) is 4.37. The molecule has 1 aromatic rings. The van der Waals surface area contributed by atoms with Crippen molar-refractivity contribution in [3.05, 3.63) is 23.8 Å². The van der Waals surface area contributed by atoms with Gasteiger partial charge in [0, 0.05) is 6.42 Å². The summed E-state index contributed by atoms with van der Waals surface area (Å²) < 4.78 is 4.84. The van der Waals surface area contributed by atoms with Crippen LogP contribution in [0.4, 0.5) is 0 Å². The van der Waals surface area contributed by atoms with Crippen LogP contribution in [-0.2, 0) is 9.59 Å². The lowest BCUT2D eigenvalue weighted by atomic mass is 10.1. The molecule has 0 aliphatic rings. The Bertz CT molecular complexity index is 555. The Balaban J connectivity index is 2.87. The van der Waals surface area contributed by atoms with Gasteiger partial charge in [0.15, 0.2) is 11.5 Å². The number of aromatic hydroxyl groups is 1. The number of carbonyl (C=O) groups is 3. The Labute approximate surface area is 120 Å². The Morgan fingerprint density at radius 3 is 2.48 bits per heavy atom. The summed E-state index contributed by atoms with van der Waals surface area (Å²) in [6.45, 7) is 0. The number of para-hydroxylation sites is 1. The quantitative estimate of drug-likeness (QED) is 0.574. The summed E-state index contributed by atoms with van der Waals surface area (Å²) in [5.74, 6) is -3.70. The van der Waals surface area contributed by atoms with Crippen LogP contribution < -0.4 is 10.1 Å². The van der Waals surface area contributed by atoms with Crippen molar-refractivity contribution in [2.24, 2.45) is 0 Å². The molecule has 0 aliphatic heterocycles. The molecule has 0 radical (unpaired) electrons. The van der Waals surface area contributed by atoms with Gasteiger partial charge in [0.2, 0.25) is 0 Å². The molecule has 0 aliphatic carbocycles. The number of phenolic OH excluding ortho intramolecular Hbond substituents is 1. The number of hydrogen-bond donors (Lipinski definition) is 4. The molecule has 0 saturated carbocycles. The number of carboxylic acid groups (broad SMARTS) is 2. The van der Waals surface area contributed by atoms with E-state index >= 15 is 0 Å². The van der Waals surface area contributed by atoms with Gasteiger partial charge >= 0.3 is 11.9 Å². The highest BCUT2D eigenvalue weighted by atomic mass is 16.5. The van der Waals surface area contributed by atoms with Crippen molar-refractivity contribution in [1.29, 1.82) is 0 Å². The van der Waals surface area contributed by atoms with E-state index in [0.29, 0.717) is 0 Å². The highest BCUT2D eigenvalue weighted by Crippen LogP contribution is 2.29. The standard InChI is InChI=1S/C13H15NO7/c1-21-9-4-2-3-7(11(9)17)12(18)14-8(13(19)20)5-6-10(15)16/h2-4,8,17H,5-6H2,1H3,(H,14,18)(H,15,16)(H,19,20). The van der Waals surface area contributed by atoms with Crippen molar-refractivity contribution in [2.45, 2.75) is 18.9 Å². The van der Waals surface area contributed by atoms with E-state index in [9.17, 15) is 19.5 Å². The second-order valence-electron chi connectivity index (χ2n) is 4.15. The minimum absolute atomic E-state index is 0.0695. The summed E-state index contributed by atoms with van der Waals surface area (Å²) in [5, 5.41) is 29.5. The number of benzene rings is 1. The summed E-state index contributed by atoms with van der Waals surface area (Å²) in [7, 11) is 1.31. The molecule has 21 heavy (non-hydrogen) atoms. The van der Waals surface area contributed by atoms with Gasteiger partial charge in [-0.1, -0.05) is 6.07 Å². The highest BCUT2D eigenvalue weighted by molar-refractivity contribution is 5.99. The van der Waals surface area contributed by atoms with E-state index in [0.717, 1.165) is 0 Å². The maximum absolute atomic E-state index is 12.0. The fourth-order valence-electron chi connectivity index (χ4n) is 1.63. The van der Waals surface area contributed by atoms with E-state index in [4.69, 9.17) is 14.9 Å². The first-order valence-corrected chi connectivity index (χ1v) is 5.98. The van der Waals surface area contributed by atoms with Crippen molar-refractivity contribution in [3.63, 3.8) is 0 Å². The summed E-state index contributed by atoms with van der Waals surface area (Å²) in [6, 6.07) is 2.83. The van der Waals surface area contributed by atoms with Crippen LogP contribution in [0.2, 0.25) is 0 Å². The number of hydrogen-bond acceptors (Lipinski definition) is 5. The van der Waals surface area contributed by atoms with Crippen LogP contribution in [0, 0.1) is 0 Å². The predicted octanol–water partition coefficient (Wildman–Crippen LogP) is 0.449. The number of ether oxygens (including phenoxy) is 1. The third-order valence-electron chi connectivity index (χ3n) is 2.71. The van der Waals surface area contributed by atoms with Crippen LogP contribution in [0.15, 0.2) is 18.2 Å². The molecule has 0 spiro atoms. The largest absolute Gasteiger partial charge is 0.504 e. The first-order valence-electron chi connectivity index (χ1n) is 5.98. The number of methoxy groups -OCH3 is 1. The van der Waals surface area contributed by atoms with E-state index in [-0.39, 0.29) is 17.7 Å². The van der Waals surface area contributed by atoms with Gasteiger partial charge in [-0.2, -0.15) is 0 Å². The molecule has 1 aromatic carbocycles. The topological polar surface area (TPSA) is 133 Å². The second kappa shape index (κ2) is 7.13. The van der Waals surface area contributed by atoms with E-state index in [1.165, 1.54) is 25.3 Å². The van der Waals surface area contributed by atoms with Crippen molar-refractivity contribution < 1.29 is 34.4 Å². The van der Waals surface area contributed by atoms with E-state index < -0.39 is 36.1 Å². The Morgan fingerprint density at radius 1 is 1.29 bits per heavy atom. The lowest BCUT2D eigenvalue weighted by molar-refractivity contribution is -0.140. The number of carbonyl (C=O) groups excluding carboxylic acids is 1. The SMILES string of the molecule is COc1cccc(C(=O)NC(CCC(=O)O)C(=O)O)c1O. The minimum Gasteiger partial charge on any atom is -0.504 e. The van der Waals surface area contributed by atoms with Gasteiger partial charge in [0.25, 0.3) is 5.91 Å². The van der Waals surface area contributed by atoms with Crippen molar-refractivity contribution >= 4 is 17.8 Å². The average molecular weight is 297 g/mol. The summed E-state index contributed by atoms with van der Waals surface area (Å²) in [4.78, 5) is 33.4. The van der Waals surface area contributed by atoms with Gasteiger partial charge in [-0.3, -0.25) is 9.59 Å². The molecular formula is C13H15NO7. The second-order valence-corrected chi connectivity index (χ2v) is 4.15. The van der Waals surface area contributed by atoms with Crippen LogP contribution in [0.25, 0.3) is 0 Å². The molecule has 8 nitrogen and oxygen atoms in total. The van der Waals surface area contributed by atoms with E-state index in [2.05, 4.69) is 5.32 Å². The molecule has 8 heteroatoms. The molecule has 0 heterocycles. The molecular weight excluding hydrogens is 282 g/mol. The number of carboxylic acids is 2. The van der Waals surface area contributed by atoms with Gasteiger partial charge in [-0.05, 0) is 18.6 Å². The van der Waals surface area contributed by atoms with Crippen molar-refractivity contribution in [2.75, 3.05) is 7.11 Å². The highest BCUT2D eigenvalue weighted by Gasteiger charge is 2.23. The first-order chi connectivity index (χ1) is 9.86. The Kier molecular flexibility index (Phi) is 5.53. The third-order valence-corrected chi connectivity index (χ3v) is 2.71. The maximum atomic E-state index is 12.0. The van der Waals surface area contributed by atoms with Crippen molar-refractivity contribution in [1.82, 2.24) is 5.32 Å².